The topological polar surface area (TPSA) is 55.8 Å². The van der Waals surface area contributed by atoms with Gasteiger partial charge in [-0.25, -0.2) is 8.42 Å². The summed E-state index contributed by atoms with van der Waals surface area (Å²) in [5.41, 5.74) is 1.04. The third kappa shape index (κ3) is 4.08. The first kappa shape index (κ1) is 20.0. The minimum atomic E-state index is -3.89. The van der Waals surface area contributed by atoms with Gasteiger partial charge in [-0.2, -0.15) is 0 Å². The Morgan fingerprint density at radius 3 is 2.21 bits per heavy atom. The number of sulfonamides is 1. The number of hydrogen-bond acceptors (Lipinski definition) is 4. The van der Waals surface area contributed by atoms with E-state index in [1.54, 1.807) is 66.7 Å². The van der Waals surface area contributed by atoms with Gasteiger partial charge in [0.15, 0.2) is 0 Å². The van der Waals surface area contributed by atoms with E-state index in [0.29, 0.717) is 27.8 Å². The van der Waals surface area contributed by atoms with Crippen LogP contribution in [0.3, 0.4) is 0 Å². The molecular formula is C21H20ClNO4S. The fourth-order valence-corrected chi connectivity index (χ4v) is 4.45. The van der Waals surface area contributed by atoms with Crippen LogP contribution in [-0.4, -0.2) is 22.6 Å². The molecule has 146 valence electrons. The predicted octanol–water partition coefficient (Wildman–Crippen LogP) is 4.75. The van der Waals surface area contributed by atoms with Crippen molar-refractivity contribution in [2.45, 2.75) is 11.4 Å². The van der Waals surface area contributed by atoms with Gasteiger partial charge in [0.2, 0.25) is 0 Å². The molecule has 28 heavy (non-hydrogen) atoms. The highest BCUT2D eigenvalue weighted by molar-refractivity contribution is 7.92. The maximum atomic E-state index is 13.5. The maximum absolute atomic E-state index is 13.5. The first-order valence-electron chi connectivity index (χ1n) is 8.50. The van der Waals surface area contributed by atoms with Gasteiger partial charge in [0, 0.05) is 11.1 Å². The second-order valence-corrected chi connectivity index (χ2v) is 8.22. The Morgan fingerprint density at radius 2 is 1.57 bits per heavy atom. The molecule has 0 fully saturated rings. The van der Waals surface area contributed by atoms with Gasteiger partial charge >= 0.3 is 0 Å². The van der Waals surface area contributed by atoms with E-state index >= 15 is 0 Å². The Bertz CT molecular complexity index is 1060. The lowest BCUT2D eigenvalue weighted by molar-refractivity contribution is 0.403. The van der Waals surface area contributed by atoms with E-state index in [1.165, 1.54) is 18.5 Å². The molecule has 0 N–H and O–H groups in total. The molecule has 0 unspecified atom stereocenters. The van der Waals surface area contributed by atoms with Gasteiger partial charge in [-0.05, 0) is 35.9 Å². The molecule has 0 saturated carbocycles. The summed E-state index contributed by atoms with van der Waals surface area (Å²) in [6.07, 6.45) is 0. The van der Waals surface area contributed by atoms with Crippen molar-refractivity contribution in [2.75, 3.05) is 18.5 Å². The molecule has 0 heterocycles. The quantitative estimate of drug-likeness (QED) is 0.556. The highest BCUT2D eigenvalue weighted by Crippen LogP contribution is 2.37. The molecule has 3 aromatic rings. The van der Waals surface area contributed by atoms with Crippen LogP contribution < -0.4 is 13.8 Å². The highest BCUT2D eigenvalue weighted by atomic mass is 35.5. The molecule has 5 nitrogen and oxygen atoms in total. The molecule has 0 spiro atoms. The van der Waals surface area contributed by atoms with Crippen LogP contribution in [-0.2, 0) is 16.6 Å². The van der Waals surface area contributed by atoms with Gasteiger partial charge in [0.05, 0.1) is 31.3 Å². The Balaban J connectivity index is 2.19. The molecule has 0 saturated heterocycles. The number of nitrogens with zero attached hydrogens (tertiary/aromatic N) is 1. The SMILES string of the molecule is COc1ccc(OC)c(N(Cc2ccccc2Cl)S(=O)(=O)c2ccccc2)c1. The van der Waals surface area contributed by atoms with Crippen molar-refractivity contribution in [2.24, 2.45) is 0 Å². The Labute approximate surface area is 170 Å². The summed E-state index contributed by atoms with van der Waals surface area (Å²) in [7, 11) is -0.870. The lowest BCUT2D eigenvalue weighted by Crippen LogP contribution is -2.31. The van der Waals surface area contributed by atoms with Crippen LogP contribution in [0, 0.1) is 0 Å². The summed E-state index contributed by atoms with van der Waals surface area (Å²) in [5.74, 6) is 0.926. The van der Waals surface area contributed by atoms with Crippen molar-refractivity contribution in [3.05, 3.63) is 83.4 Å². The summed E-state index contributed by atoms with van der Waals surface area (Å²) in [5, 5.41) is 0.484. The number of benzene rings is 3. The average molecular weight is 418 g/mol. The van der Waals surface area contributed by atoms with Crippen molar-refractivity contribution in [1.29, 1.82) is 0 Å². The molecule has 0 radical (unpaired) electrons. The van der Waals surface area contributed by atoms with Crippen molar-refractivity contribution in [1.82, 2.24) is 0 Å². The molecule has 0 bridgehead atoms. The van der Waals surface area contributed by atoms with Gasteiger partial charge in [-0.3, -0.25) is 4.31 Å². The summed E-state index contributed by atoms with van der Waals surface area (Å²) in [6, 6.07) is 20.4. The van der Waals surface area contributed by atoms with Crippen LogP contribution in [0.4, 0.5) is 5.69 Å². The van der Waals surface area contributed by atoms with Crippen molar-refractivity contribution in [3.8, 4) is 11.5 Å². The van der Waals surface area contributed by atoms with Crippen molar-refractivity contribution in [3.63, 3.8) is 0 Å². The van der Waals surface area contributed by atoms with Gasteiger partial charge in [0.25, 0.3) is 10.0 Å². The summed E-state index contributed by atoms with van der Waals surface area (Å²) in [6.45, 7) is 0.0421. The van der Waals surface area contributed by atoms with E-state index < -0.39 is 10.0 Å². The zero-order valence-corrected chi connectivity index (χ0v) is 17.1. The molecule has 0 amide bonds. The monoisotopic (exact) mass is 417 g/mol. The second-order valence-electron chi connectivity index (χ2n) is 5.95. The molecule has 3 rings (SSSR count). The van der Waals surface area contributed by atoms with Crippen LogP contribution in [0.1, 0.15) is 5.56 Å². The zero-order chi connectivity index (χ0) is 20.1. The number of ether oxygens (including phenoxy) is 2. The number of halogens is 1. The maximum Gasteiger partial charge on any atom is 0.264 e. The fraction of sp³-hybridized carbons (Fsp3) is 0.143. The first-order valence-corrected chi connectivity index (χ1v) is 10.3. The molecule has 0 atom stereocenters. The minimum Gasteiger partial charge on any atom is -0.497 e. The van der Waals surface area contributed by atoms with Crippen LogP contribution in [0.25, 0.3) is 0 Å². The minimum absolute atomic E-state index is 0.0421. The largest absolute Gasteiger partial charge is 0.497 e. The van der Waals surface area contributed by atoms with Gasteiger partial charge in [-0.1, -0.05) is 48.0 Å². The zero-order valence-electron chi connectivity index (χ0n) is 15.5. The van der Waals surface area contributed by atoms with Gasteiger partial charge in [-0.15, -0.1) is 0 Å². The Kier molecular flexibility index (Phi) is 6.11. The molecule has 0 aliphatic carbocycles. The van der Waals surface area contributed by atoms with Crippen molar-refractivity contribution < 1.29 is 17.9 Å². The fourth-order valence-electron chi connectivity index (χ4n) is 2.79. The van der Waals surface area contributed by atoms with Crippen LogP contribution in [0.5, 0.6) is 11.5 Å². The van der Waals surface area contributed by atoms with Gasteiger partial charge in [0.1, 0.15) is 11.5 Å². The van der Waals surface area contributed by atoms with Crippen LogP contribution >= 0.6 is 11.6 Å². The first-order chi connectivity index (χ1) is 13.5. The normalized spacial score (nSPS) is 11.1. The highest BCUT2D eigenvalue weighted by Gasteiger charge is 2.28. The molecule has 7 heteroatoms. The smallest absolute Gasteiger partial charge is 0.264 e. The predicted molar refractivity (Wildman–Crippen MR) is 111 cm³/mol. The number of anilines is 1. The standard InChI is InChI=1S/C21H20ClNO4S/c1-26-17-12-13-21(27-2)20(14-17)23(15-16-8-6-7-11-19(16)22)28(24,25)18-9-4-3-5-10-18/h3-14H,15H2,1-2H3. The molecule has 0 aliphatic heterocycles. The third-order valence-corrected chi connectivity index (χ3v) is 6.40. The molecule has 0 aromatic heterocycles. The summed E-state index contributed by atoms with van der Waals surface area (Å²) < 4.78 is 39.0. The lowest BCUT2D eigenvalue weighted by Gasteiger charge is -2.27. The average Bonchev–Trinajstić information content (AvgIpc) is 2.73. The van der Waals surface area contributed by atoms with E-state index in [2.05, 4.69) is 0 Å². The van der Waals surface area contributed by atoms with E-state index in [-0.39, 0.29) is 11.4 Å². The van der Waals surface area contributed by atoms with Gasteiger partial charge < -0.3 is 9.47 Å². The van der Waals surface area contributed by atoms with Crippen LogP contribution in [0.15, 0.2) is 77.7 Å². The second kappa shape index (κ2) is 8.54. The van der Waals surface area contributed by atoms with E-state index in [9.17, 15) is 8.42 Å². The number of hydrogen-bond donors (Lipinski definition) is 0. The summed E-state index contributed by atoms with van der Waals surface area (Å²) in [4.78, 5) is 0.173. The van der Waals surface area contributed by atoms with Crippen molar-refractivity contribution >= 4 is 27.3 Å². The van der Waals surface area contributed by atoms with E-state index in [0.717, 1.165) is 0 Å². The lowest BCUT2D eigenvalue weighted by atomic mass is 10.2. The third-order valence-electron chi connectivity index (χ3n) is 4.26. The number of rotatable bonds is 7. The number of methoxy groups -OCH3 is 2. The van der Waals surface area contributed by atoms with E-state index in [4.69, 9.17) is 21.1 Å². The van der Waals surface area contributed by atoms with Crippen LogP contribution in [0.2, 0.25) is 5.02 Å². The Hall–Kier alpha value is -2.70. The molecule has 3 aromatic carbocycles. The molecular weight excluding hydrogens is 398 g/mol. The Morgan fingerprint density at radius 1 is 0.893 bits per heavy atom. The molecule has 0 aliphatic rings. The van der Waals surface area contributed by atoms with E-state index in [1.807, 2.05) is 6.07 Å². The summed E-state index contributed by atoms with van der Waals surface area (Å²) >= 11 is 6.31.